The summed E-state index contributed by atoms with van der Waals surface area (Å²) >= 11 is 0. The van der Waals surface area contributed by atoms with E-state index >= 15 is 0 Å². The number of hydrogen-bond acceptors (Lipinski definition) is 2. The number of carbonyl (C=O) groups excluding carboxylic acids is 1. The summed E-state index contributed by atoms with van der Waals surface area (Å²) in [4.78, 5) is 10.8. The molecule has 13 heavy (non-hydrogen) atoms. The van der Waals surface area contributed by atoms with Gasteiger partial charge in [-0.25, -0.2) is 8.78 Å². The van der Waals surface area contributed by atoms with Crippen molar-refractivity contribution in [1.29, 1.82) is 0 Å². The molecule has 0 fully saturated rings. The Kier molecular flexibility index (Phi) is 3.11. The van der Waals surface area contributed by atoms with E-state index in [2.05, 4.69) is 5.10 Å². The Morgan fingerprint density at radius 1 is 1.69 bits per heavy atom. The first-order chi connectivity index (χ1) is 6.15. The Bertz CT molecular complexity index is 296. The number of hydrogen-bond donors (Lipinski definition) is 0. The van der Waals surface area contributed by atoms with Gasteiger partial charge in [0.2, 0.25) is 5.78 Å². The van der Waals surface area contributed by atoms with E-state index in [9.17, 15) is 13.6 Å². The van der Waals surface area contributed by atoms with E-state index in [1.54, 1.807) is 0 Å². The molecule has 0 aliphatic carbocycles. The number of aromatic nitrogens is 2. The molecule has 0 radical (unpaired) electrons. The number of aryl methyl sites for hydroxylation is 1. The lowest BCUT2D eigenvalue weighted by atomic mass is 10.2. The highest BCUT2D eigenvalue weighted by Gasteiger charge is 2.18. The van der Waals surface area contributed by atoms with Crippen LogP contribution in [0, 0.1) is 0 Å². The topological polar surface area (TPSA) is 34.9 Å². The van der Waals surface area contributed by atoms with E-state index in [1.807, 2.05) is 6.92 Å². The lowest BCUT2D eigenvalue weighted by Crippen LogP contribution is -2.09. The molecular weight excluding hydrogens is 178 g/mol. The van der Waals surface area contributed by atoms with Crippen LogP contribution in [0.5, 0.6) is 0 Å². The molecule has 0 atom stereocenters. The summed E-state index contributed by atoms with van der Waals surface area (Å²) in [6.07, 6.45) is 0.422. The van der Waals surface area contributed by atoms with Crippen molar-refractivity contribution < 1.29 is 13.6 Å². The highest BCUT2D eigenvalue weighted by atomic mass is 19.3. The van der Waals surface area contributed by atoms with Crippen molar-refractivity contribution >= 4 is 5.78 Å². The third kappa shape index (κ3) is 2.34. The summed E-state index contributed by atoms with van der Waals surface area (Å²) in [5.74, 6) is -1.16. The van der Waals surface area contributed by atoms with Crippen LogP contribution in [0.3, 0.4) is 0 Å². The van der Waals surface area contributed by atoms with Crippen molar-refractivity contribution in [2.45, 2.75) is 26.3 Å². The second-order valence-electron chi connectivity index (χ2n) is 2.66. The number of alkyl halides is 2. The van der Waals surface area contributed by atoms with Crippen LogP contribution in [-0.4, -0.2) is 22.0 Å². The highest BCUT2D eigenvalue weighted by molar-refractivity contribution is 5.97. The zero-order valence-electron chi connectivity index (χ0n) is 7.20. The maximum absolute atomic E-state index is 11.9. The van der Waals surface area contributed by atoms with Crippen molar-refractivity contribution in [2.24, 2.45) is 0 Å². The molecule has 1 aromatic heterocycles. The Morgan fingerprint density at radius 3 is 2.92 bits per heavy atom. The highest BCUT2D eigenvalue weighted by Crippen LogP contribution is 2.06. The minimum Gasteiger partial charge on any atom is -0.288 e. The maximum Gasteiger partial charge on any atom is 0.300 e. The Morgan fingerprint density at radius 2 is 2.38 bits per heavy atom. The zero-order chi connectivity index (χ0) is 9.84. The van der Waals surface area contributed by atoms with E-state index in [1.165, 1.54) is 17.1 Å². The van der Waals surface area contributed by atoms with E-state index in [0.717, 1.165) is 6.42 Å². The minimum absolute atomic E-state index is 0.0246. The second-order valence-corrected chi connectivity index (χ2v) is 2.66. The summed E-state index contributed by atoms with van der Waals surface area (Å²) in [6, 6.07) is 0. The molecule has 3 nitrogen and oxygen atoms in total. The summed E-state index contributed by atoms with van der Waals surface area (Å²) in [5.41, 5.74) is -0.0246. The van der Waals surface area contributed by atoms with Gasteiger partial charge < -0.3 is 0 Å². The van der Waals surface area contributed by atoms with Gasteiger partial charge in [-0.15, -0.1) is 0 Å². The molecular formula is C8H10F2N2O. The monoisotopic (exact) mass is 188 g/mol. The maximum atomic E-state index is 11.9. The van der Waals surface area contributed by atoms with E-state index in [0.29, 0.717) is 6.54 Å². The average molecular weight is 188 g/mol. The Hall–Kier alpha value is -1.26. The fourth-order valence-corrected chi connectivity index (χ4v) is 0.968. The first kappa shape index (κ1) is 9.83. The van der Waals surface area contributed by atoms with Gasteiger partial charge in [-0.3, -0.25) is 9.48 Å². The number of carbonyl (C=O) groups is 1. The molecule has 1 heterocycles. The van der Waals surface area contributed by atoms with Gasteiger partial charge in [0, 0.05) is 12.7 Å². The molecule has 72 valence electrons. The van der Waals surface area contributed by atoms with Crippen molar-refractivity contribution in [1.82, 2.24) is 9.78 Å². The first-order valence-corrected chi connectivity index (χ1v) is 4.00. The van der Waals surface area contributed by atoms with Gasteiger partial charge in [0.15, 0.2) is 0 Å². The van der Waals surface area contributed by atoms with Crippen LogP contribution < -0.4 is 0 Å². The van der Waals surface area contributed by atoms with E-state index < -0.39 is 12.2 Å². The molecule has 0 saturated carbocycles. The molecule has 0 aliphatic rings. The van der Waals surface area contributed by atoms with Gasteiger partial charge in [-0.2, -0.15) is 5.10 Å². The van der Waals surface area contributed by atoms with E-state index in [4.69, 9.17) is 0 Å². The van der Waals surface area contributed by atoms with Crippen molar-refractivity contribution in [3.63, 3.8) is 0 Å². The molecule has 0 saturated heterocycles. The van der Waals surface area contributed by atoms with Crippen LogP contribution in [0.2, 0.25) is 0 Å². The number of Topliss-reactive ketones (excluding diaryl/α,β-unsaturated/α-hetero) is 1. The standard InChI is InChI=1S/C8H10F2N2O/c1-2-3-12-5-6(4-11-12)7(13)8(9)10/h4-5,8H,2-3H2,1H3. The van der Waals surface area contributed by atoms with Gasteiger partial charge >= 0.3 is 6.43 Å². The van der Waals surface area contributed by atoms with E-state index in [-0.39, 0.29) is 5.56 Å². The van der Waals surface area contributed by atoms with Crippen LogP contribution in [0.25, 0.3) is 0 Å². The lowest BCUT2D eigenvalue weighted by molar-refractivity contribution is 0.0678. The summed E-state index contributed by atoms with van der Waals surface area (Å²) < 4.78 is 25.3. The lowest BCUT2D eigenvalue weighted by Gasteiger charge is -1.95. The van der Waals surface area contributed by atoms with Gasteiger partial charge in [-0.1, -0.05) is 6.92 Å². The van der Waals surface area contributed by atoms with Gasteiger partial charge in [0.05, 0.1) is 11.8 Å². The fourth-order valence-electron chi connectivity index (χ4n) is 0.968. The quantitative estimate of drug-likeness (QED) is 0.674. The zero-order valence-corrected chi connectivity index (χ0v) is 7.20. The third-order valence-electron chi connectivity index (χ3n) is 1.57. The number of halogens is 2. The normalized spacial score (nSPS) is 10.8. The van der Waals surface area contributed by atoms with Gasteiger partial charge in [0.1, 0.15) is 0 Å². The summed E-state index contributed by atoms with van der Waals surface area (Å²) in [5, 5.41) is 3.77. The molecule has 5 heteroatoms. The first-order valence-electron chi connectivity index (χ1n) is 4.00. The predicted molar refractivity (Wildman–Crippen MR) is 42.9 cm³/mol. The van der Waals surface area contributed by atoms with Crippen LogP contribution in [0.15, 0.2) is 12.4 Å². The van der Waals surface area contributed by atoms with Crippen LogP contribution in [0.4, 0.5) is 8.78 Å². The largest absolute Gasteiger partial charge is 0.300 e. The molecule has 1 rings (SSSR count). The third-order valence-corrected chi connectivity index (χ3v) is 1.57. The van der Waals surface area contributed by atoms with Crippen molar-refractivity contribution in [2.75, 3.05) is 0 Å². The minimum atomic E-state index is -2.95. The van der Waals surface area contributed by atoms with Crippen LogP contribution in [-0.2, 0) is 6.54 Å². The number of ketones is 1. The molecule has 0 aromatic carbocycles. The summed E-state index contributed by atoms with van der Waals surface area (Å²) in [7, 11) is 0. The SMILES string of the molecule is CCCn1cc(C(=O)C(F)F)cn1. The molecule has 1 aromatic rings. The molecule has 0 aliphatic heterocycles. The van der Waals surface area contributed by atoms with Gasteiger partial charge in [-0.05, 0) is 6.42 Å². The molecule has 0 unspecified atom stereocenters. The Balaban J connectivity index is 2.73. The molecule has 0 N–H and O–H groups in total. The summed E-state index contributed by atoms with van der Waals surface area (Å²) in [6.45, 7) is 2.58. The number of nitrogens with zero attached hydrogens (tertiary/aromatic N) is 2. The van der Waals surface area contributed by atoms with Crippen molar-refractivity contribution in [3.05, 3.63) is 18.0 Å². The second kappa shape index (κ2) is 4.11. The molecule has 0 bridgehead atoms. The van der Waals surface area contributed by atoms with Gasteiger partial charge in [0.25, 0.3) is 0 Å². The molecule has 0 amide bonds. The predicted octanol–water partition coefficient (Wildman–Crippen LogP) is 1.74. The number of rotatable bonds is 4. The molecule has 0 spiro atoms. The Labute approximate surface area is 74.4 Å². The van der Waals surface area contributed by atoms with Crippen LogP contribution in [0.1, 0.15) is 23.7 Å². The van der Waals surface area contributed by atoms with Crippen molar-refractivity contribution in [3.8, 4) is 0 Å². The fraction of sp³-hybridized carbons (Fsp3) is 0.500. The average Bonchev–Trinajstić information content (AvgIpc) is 2.52. The smallest absolute Gasteiger partial charge is 0.288 e. The van der Waals surface area contributed by atoms with Crippen LogP contribution >= 0.6 is 0 Å².